The molecule has 6 heteroatoms. The second kappa shape index (κ2) is 5.95. The van der Waals surface area contributed by atoms with Crippen LogP contribution in [0, 0.1) is 16.8 Å². The number of thiazole rings is 1. The Morgan fingerprint density at radius 1 is 1.67 bits per heavy atom. The number of carbonyl (C=O) groups is 1. The van der Waals surface area contributed by atoms with Crippen LogP contribution in [-0.4, -0.2) is 40.6 Å². The third-order valence-electron chi connectivity index (χ3n) is 3.41. The monoisotopic (exact) mass is 286 g/mol. The van der Waals surface area contributed by atoms with Crippen LogP contribution in [0.4, 0.5) is 0 Å². The maximum atomic E-state index is 12.1. The Balaban J connectivity index is 1.93. The van der Waals surface area contributed by atoms with Gasteiger partial charge in [-0.05, 0) is 37.9 Å². The van der Waals surface area contributed by atoms with Crippen LogP contribution in [0.25, 0.3) is 0 Å². The Morgan fingerprint density at radius 2 is 2.44 bits per heavy atom. The van der Waals surface area contributed by atoms with Crippen molar-refractivity contribution in [2.45, 2.75) is 26.2 Å². The van der Waals surface area contributed by atoms with Crippen molar-refractivity contribution < 1.29 is 9.90 Å². The standard InChI is InChI=1S/C12H18N2O2S2/c1-8-10(18-12(17)13-8)6-11(16)14-4-2-9(7-14)3-5-15/h9,15H,2-7H2,1H3,(H,13,17). The Bertz CT molecular complexity index is 481. The summed E-state index contributed by atoms with van der Waals surface area (Å²) >= 11 is 6.56. The number of hydrogen-bond donors (Lipinski definition) is 2. The first-order valence-electron chi connectivity index (χ1n) is 6.17. The van der Waals surface area contributed by atoms with Gasteiger partial charge in [-0.1, -0.05) is 0 Å². The summed E-state index contributed by atoms with van der Waals surface area (Å²) in [5.74, 6) is 0.633. The minimum Gasteiger partial charge on any atom is -0.396 e. The lowest BCUT2D eigenvalue weighted by Gasteiger charge is -2.16. The van der Waals surface area contributed by atoms with Gasteiger partial charge in [-0.2, -0.15) is 0 Å². The Kier molecular flexibility index (Phi) is 4.53. The summed E-state index contributed by atoms with van der Waals surface area (Å²) in [6.45, 7) is 3.77. The Morgan fingerprint density at radius 3 is 3.06 bits per heavy atom. The van der Waals surface area contributed by atoms with Gasteiger partial charge >= 0.3 is 0 Å². The molecule has 0 aromatic carbocycles. The molecule has 4 nitrogen and oxygen atoms in total. The van der Waals surface area contributed by atoms with E-state index in [4.69, 9.17) is 17.3 Å². The molecule has 0 aliphatic carbocycles. The lowest BCUT2D eigenvalue weighted by molar-refractivity contribution is -0.129. The van der Waals surface area contributed by atoms with Gasteiger partial charge in [0, 0.05) is 30.3 Å². The highest BCUT2D eigenvalue weighted by Crippen LogP contribution is 2.22. The molecular weight excluding hydrogens is 268 g/mol. The zero-order chi connectivity index (χ0) is 13.1. The molecule has 0 radical (unpaired) electrons. The lowest BCUT2D eigenvalue weighted by Crippen LogP contribution is -2.30. The fourth-order valence-corrected chi connectivity index (χ4v) is 3.61. The summed E-state index contributed by atoms with van der Waals surface area (Å²) in [5.41, 5.74) is 1.00. The van der Waals surface area contributed by atoms with Crippen molar-refractivity contribution in [3.8, 4) is 0 Å². The number of aliphatic hydroxyl groups excluding tert-OH is 1. The normalized spacial score (nSPS) is 19.4. The van der Waals surface area contributed by atoms with Crippen LogP contribution in [0.3, 0.4) is 0 Å². The number of amides is 1. The predicted molar refractivity (Wildman–Crippen MR) is 74.3 cm³/mol. The van der Waals surface area contributed by atoms with Gasteiger partial charge in [0.1, 0.15) is 0 Å². The molecule has 1 atom stereocenters. The van der Waals surface area contributed by atoms with Gasteiger partial charge in [-0.25, -0.2) is 0 Å². The minimum absolute atomic E-state index is 0.170. The molecule has 0 bridgehead atoms. The molecule has 1 amide bonds. The smallest absolute Gasteiger partial charge is 0.227 e. The van der Waals surface area contributed by atoms with Crippen LogP contribution in [0.15, 0.2) is 0 Å². The number of H-pyrrole nitrogens is 1. The molecule has 1 saturated heterocycles. The molecule has 1 fully saturated rings. The van der Waals surface area contributed by atoms with E-state index in [1.165, 1.54) is 11.3 Å². The summed E-state index contributed by atoms with van der Waals surface area (Å²) < 4.78 is 0.731. The van der Waals surface area contributed by atoms with E-state index in [-0.39, 0.29) is 12.5 Å². The number of rotatable bonds is 4. The van der Waals surface area contributed by atoms with E-state index >= 15 is 0 Å². The fourth-order valence-electron chi connectivity index (χ4n) is 2.33. The van der Waals surface area contributed by atoms with Crippen LogP contribution in [0.1, 0.15) is 23.4 Å². The third-order valence-corrected chi connectivity index (χ3v) is 4.75. The van der Waals surface area contributed by atoms with Crippen molar-refractivity contribution in [3.63, 3.8) is 0 Å². The molecule has 2 N–H and O–H groups in total. The Hall–Kier alpha value is -0.720. The van der Waals surface area contributed by atoms with E-state index in [9.17, 15) is 4.79 Å². The highest BCUT2D eigenvalue weighted by molar-refractivity contribution is 7.73. The second-order valence-corrected chi connectivity index (χ2v) is 6.52. The molecule has 2 rings (SSSR count). The molecule has 100 valence electrons. The molecule has 1 aliphatic rings. The van der Waals surface area contributed by atoms with Crippen LogP contribution in [0.5, 0.6) is 0 Å². The minimum atomic E-state index is 0.170. The molecule has 0 saturated carbocycles. The average Bonchev–Trinajstić information content (AvgIpc) is 2.87. The number of aromatic nitrogens is 1. The fraction of sp³-hybridized carbons (Fsp3) is 0.667. The molecule has 1 unspecified atom stereocenters. The summed E-state index contributed by atoms with van der Waals surface area (Å²) in [5, 5.41) is 8.91. The van der Waals surface area contributed by atoms with Gasteiger partial charge in [-0.15, -0.1) is 11.3 Å². The first-order valence-corrected chi connectivity index (χ1v) is 7.40. The van der Waals surface area contributed by atoms with Crippen molar-refractivity contribution in [2.75, 3.05) is 19.7 Å². The summed E-state index contributed by atoms with van der Waals surface area (Å²) in [6, 6.07) is 0. The second-order valence-electron chi connectivity index (χ2n) is 4.75. The van der Waals surface area contributed by atoms with E-state index in [1.807, 2.05) is 11.8 Å². The topological polar surface area (TPSA) is 56.3 Å². The Labute approximate surface area is 116 Å². The number of aryl methyl sites for hydroxylation is 1. The van der Waals surface area contributed by atoms with Gasteiger partial charge in [0.25, 0.3) is 0 Å². The van der Waals surface area contributed by atoms with Gasteiger partial charge in [-0.3, -0.25) is 4.79 Å². The maximum absolute atomic E-state index is 12.1. The predicted octanol–water partition coefficient (Wildman–Crippen LogP) is 1.89. The number of aliphatic hydroxyl groups is 1. The molecule has 1 aromatic rings. The third kappa shape index (κ3) is 3.18. The van der Waals surface area contributed by atoms with Crippen molar-refractivity contribution in [2.24, 2.45) is 5.92 Å². The van der Waals surface area contributed by atoms with Crippen molar-refractivity contribution in [1.29, 1.82) is 0 Å². The summed E-state index contributed by atoms with van der Waals surface area (Å²) in [4.78, 5) is 18.2. The van der Waals surface area contributed by atoms with Crippen molar-refractivity contribution in [3.05, 3.63) is 14.5 Å². The molecule has 0 spiro atoms. The number of hydrogen-bond acceptors (Lipinski definition) is 4. The highest BCUT2D eigenvalue weighted by Gasteiger charge is 2.26. The summed E-state index contributed by atoms with van der Waals surface area (Å²) in [7, 11) is 0. The van der Waals surface area contributed by atoms with E-state index < -0.39 is 0 Å². The lowest BCUT2D eigenvalue weighted by atomic mass is 10.1. The van der Waals surface area contributed by atoms with Crippen molar-refractivity contribution >= 4 is 29.5 Å². The molecule has 18 heavy (non-hydrogen) atoms. The van der Waals surface area contributed by atoms with E-state index in [2.05, 4.69) is 4.98 Å². The van der Waals surface area contributed by atoms with E-state index in [0.717, 1.165) is 40.5 Å². The average molecular weight is 286 g/mol. The molecule has 1 aliphatic heterocycles. The van der Waals surface area contributed by atoms with Crippen LogP contribution in [-0.2, 0) is 11.2 Å². The van der Waals surface area contributed by atoms with Gasteiger partial charge < -0.3 is 15.0 Å². The number of likely N-dealkylation sites (tertiary alicyclic amines) is 1. The number of nitrogens with zero attached hydrogens (tertiary/aromatic N) is 1. The zero-order valence-corrected chi connectivity index (χ0v) is 12.1. The quantitative estimate of drug-likeness (QED) is 0.831. The van der Waals surface area contributed by atoms with E-state index in [0.29, 0.717) is 12.3 Å². The number of nitrogens with one attached hydrogen (secondary N) is 1. The summed E-state index contributed by atoms with van der Waals surface area (Å²) in [6.07, 6.45) is 2.25. The molecule has 2 heterocycles. The largest absolute Gasteiger partial charge is 0.396 e. The van der Waals surface area contributed by atoms with Crippen LogP contribution in [0.2, 0.25) is 0 Å². The number of carbonyl (C=O) groups excluding carboxylic acids is 1. The van der Waals surface area contributed by atoms with Crippen LogP contribution >= 0.6 is 23.6 Å². The van der Waals surface area contributed by atoms with Crippen LogP contribution < -0.4 is 0 Å². The van der Waals surface area contributed by atoms with Crippen molar-refractivity contribution in [1.82, 2.24) is 9.88 Å². The highest BCUT2D eigenvalue weighted by atomic mass is 32.1. The molecule has 1 aromatic heterocycles. The first-order chi connectivity index (χ1) is 8.60. The van der Waals surface area contributed by atoms with Gasteiger partial charge in [0.2, 0.25) is 5.91 Å². The molecular formula is C12H18N2O2S2. The first kappa shape index (κ1) is 13.7. The number of aromatic amines is 1. The van der Waals surface area contributed by atoms with Gasteiger partial charge in [0.15, 0.2) is 3.95 Å². The van der Waals surface area contributed by atoms with Gasteiger partial charge in [0.05, 0.1) is 6.42 Å². The SMILES string of the molecule is Cc1[nH]c(=S)sc1CC(=O)N1CCC(CCO)C1. The maximum Gasteiger partial charge on any atom is 0.227 e. The zero-order valence-electron chi connectivity index (χ0n) is 10.4. The van der Waals surface area contributed by atoms with E-state index in [1.54, 1.807) is 0 Å².